The van der Waals surface area contributed by atoms with Crippen LogP contribution < -0.4 is 0 Å². The summed E-state index contributed by atoms with van der Waals surface area (Å²) >= 11 is 0. The molecule has 122 valence electrons. The maximum absolute atomic E-state index is 12.1. The average Bonchev–Trinajstić information content (AvgIpc) is 2.43. The highest BCUT2D eigenvalue weighted by molar-refractivity contribution is 5.93. The van der Waals surface area contributed by atoms with Gasteiger partial charge in [-0.25, -0.2) is 0 Å². The van der Waals surface area contributed by atoms with Crippen molar-refractivity contribution in [2.75, 3.05) is 6.61 Å². The van der Waals surface area contributed by atoms with Crippen molar-refractivity contribution < 1.29 is 9.90 Å². The first-order valence-electron chi connectivity index (χ1n) is 8.16. The second kappa shape index (κ2) is 8.28. The smallest absolute Gasteiger partial charge is 0.162 e. The van der Waals surface area contributed by atoms with Gasteiger partial charge in [0.2, 0.25) is 0 Å². The molecule has 1 N–H and O–H groups in total. The molecule has 0 aliphatic heterocycles. The summed E-state index contributed by atoms with van der Waals surface area (Å²) in [4.78, 5) is 12.1. The Hall–Kier alpha value is -1.41. The van der Waals surface area contributed by atoms with Gasteiger partial charge in [-0.15, -0.1) is 0 Å². The highest BCUT2D eigenvalue weighted by Crippen LogP contribution is 2.40. The summed E-state index contributed by atoms with van der Waals surface area (Å²) in [6, 6.07) is 0. The molecule has 0 heterocycles. The van der Waals surface area contributed by atoms with E-state index < -0.39 is 0 Å². The Labute approximate surface area is 135 Å². The van der Waals surface area contributed by atoms with E-state index in [2.05, 4.69) is 26.8 Å². The molecule has 0 bridgehead atoms. The highest BCUT2D eigenvalue weighted by Gasteiger charge is 2.26. The third-order valence-corrected chi connectivity index (χ3v) is 4.47. The Morgan fingerprint density at radius 2 is 2.05 bits per heavy atom. The zero-order chi connectivity index (χ0) is 16.8. The van der Waals surface area contributed by atoms with Crippen LogP contribution in [0.25, 0.3) is 0 Å². The molecule has 1 aliphatic carbocycles. The summed E-state index contributed by atoms with van der Waals surface area (Å²) in [5.41, 5.74) is 3.94. The minimum absolute atomic E-state index is 0.00232. The van der Waals surface area contributed by atoms with Gasteiger partial charge in [0, 0.05) is 5.92 Å². The number of allylic oxidation sites excluding steroid dienone is 7. The molecular formula is C20H30O2. The lowest BCUT2D eigenvalue weighted by Gasteiger charge is -2.33. The van der Waals surface area contributed by atoms with Crippen LogP contribution in [0.5, 0.6) is 0 Å². The fourth-order valence-corrected chi connectivity index (χ4v) is 2.92. The van der Waals surface area contributed by atoms with Crippen LogP contribution >= 0.6 is 0 Å². The predicted octanol–water partition coefficient (Wildman–Crippen LogP) is 4.77. The van der Waals surface area contributed by atoms with Gasteiger partial charge >= 0.3 is 0 Å². The van der Waals surface area contributed by atoms with Crippen LogP contribution in [0, 0.1) is 11.3 Å². The number of hydrogen-bond donors (Lipinski definition) is 1. The maximum atomic E-state index is 12.1. The molecule has 0 aromatic heterocycles. The van der Waals surface area contributed by atoms with Crippen molar-refractivity contribution in [2.45, 2.75) is 53.9 Å². The Kier molecular flexibility index (Phi) is 7.02. The summed E-state index contributed by atoms with van der Waals surface area (Å²) in [6.45, 7) is 10.6. The van der Waals surface area contributed by atoms with Crippen LogP contribution in [-0.4, -0.2) is 17.5 Å². The molecule has 1 rings (SSSR count). The molecule has 0 fully saturated rings. The van der Waals surface area contributed by atoms with Gasteiger partial charge in [-0.1, -0.05) is 56.2 Å². The fourth-order valence-electron chi connectivity index (χ4n) is 2.92. The van der Waals surface area contributed by atoms with E-state index in [1.807, 2.05) is 19.9 Å². The van der Waals surface area contributed by atoms with Crippen molar-refractivity contribution in [3.63, 3.8) is 0 Å². The van der Waals surface area contributed by atoms with E-state index in [-0.39, 0.29) is 23.7 Å². The molecule has 0 saturated heterocycles. The summed E-state index contributed by atoms with van der Waals surface area (Å²) in [5.74, 6) is -0.0370. The van der Waals surface area contributed by atoms with Gasteiger partial charge in [-0.2, -0.15) is 0 Å². The number of aliphatic hydroxyl groups excluding tert-OH is 1. The first kappa shape index (κ1) is 18.6. The van der Waals surface area contributed by atoms with Crippen LogP contribution in [0.3, 0.4) is 0 Å². The first-order valence-corrected chi connectivity index (χ1v) is 8.16. The van der Waals surface area contributed by atoms with Crippen LogP contribution in [0.2, 0.25) is 0 Å². The van der Waals surface area contributed by atoms with E-state index >= 15 is 0 Å². The van der Waals surface area contributed by atoms with Gasteiger partial charge in [0.15, 0.2) is 5.78 Å². The monoisotopic (exact) mass is 302 g/mol. The Balaban J connectivity index is 2.77. The van der Waals surface area contributed by atoms with Crippen LogP contribution in [0.15, 0.2) is 47.1 Å². The molecular weight excluding hydrogens is 272 g/mol. The molecule has 0 radical (unpaired) electrons. The molecule has 1 aliphatic rings. The quantitative estimate of drug-likeness (QED) is 0.567. The predicted molar refractivity (Wildman–Crippen MR) is 93.6 cm³/mol. The van der Waals surface area contributed by atoms with Gasteiger partial charge in [0.25, 0.3) is 0 Å². The second-order valence-electron chi connectivity index (χ2n) is 6.95. The lowest BCUT2D eigenvalue weighted by molar-refractivity contribution is -0.116. The van der Waals surface area contributed by atoms with Crippen molar-refractivity contribution in [2.24, 2.45) is 11.3 Å². The molecule has 0 aromatic carbocycles. The number of aliphatic hydroxyl groups is 1. The van der Waals surface area contributed by atoms with E-state index in [1.165, 1.54) is 24.0 Å². The SMILES string of the molecule is CC(C=CC(=O)C(C)C=CC1=C(C)CCCC1(C)C)=CCO. The molecule has 0 saturated carbocycles. The second-order valence-corrected chi connectivity index (χ2v) is 6.95. The van der Waals surface area contributed by atoms with E-state index in [9.17, 15) is 4.79 Å². The summed E-state index contributed by atoms with van der Waals surface area (Å²) < 4.78 is 0. The minimum Gasteiger partial charge on any atom is -0.392 e. The van der Waals surface area contributed by atoms with Crippen molar-refractivity contribution in [3.05, 3.63) is 47.1 Å². The van der Waals surface area contributed by atoms with Crippen molar-refractivity contribution in [1.29, 1.82) is 0 Å². The average molecular weight is 302 g/mol. The number of rotatable bonds is 6. The van der Waals surface area contributed by atoms with E-state index in [0.717, 1.165) is 12.0 Å². The molecule has 1 atom stereocenters. The lowest BCUT2D eigenvalue weighted by atomic mass is 9.72. The van der Waals surface area contributed by atoms with E-state index in [4.69, 9.17) is 5.11 Å². The number of carbonyl (C=O) groups is 1. The zero-order valence-electron chi connectivity index (χ0n) is 14.6. The minimum atomic E-state index is -0.129. The van der Waals surface area contributed by atoms with E-state index in [0.29, 0.717) is 0 Å². The van der Waals surface area contributed by atoms with Gasteiger partial charge in [-0.3, -0.25) is 4.79 Å². The highest BCUT2D eigenvalue weighted by atomic mass is 16.2. The molecule has 22 heavy (non-hydrogen) atoms. The summed E-state index contributed by atoms with van der Waals surface area (Å²) in [7, 11) is 0. The normalized spacial score (nSPS) is 20.9. The number of carbonyl (C=O) groups excluding carboxylic acids is 1. The maximum Gasteiger partial charge on any atom is 0.162 e. The topological polar surface area (TPSA) is 37.3 Å². The van der Waals surface area contributed by atoms with Gasteiger partial charge in [-0.05, 0) is 50.2 Å². The fraction of sp³-hybridized carbons (Fsp3) is 0.550. The van der Waals surface area contributed by atoms with E-state index in [1.54, 1.807) is 18.2 Å². The van der Waals surface area contributed by atoms with Gasteiger partial charge < -0.3 is 5.11 Å². The molecule has 0 spiro atoms. The molecule has 2 heteroatoms. The zero-order valence-corrected chi connectivity index (χ0v) is 14.6. The van der Waals surface area contributed by atoms with Gasteiger partial charge in [0.1, 0.15) is 0 Å². The molecule has 2 nitrogen and oxygen atoms in total. The third-order valence-electron chi connectivity index (χ3n) is 4.47. The molecule has 0 amide bonds. The Bertz CT molecular complexity index is 516. The summed E-state index contributed by atoms with van der Waals surface area (Å²) in [5, 5.41) is 8.80. The van der Waals surface area contributed by atoms with Crippen LogP contribution in [0.4, 0.5) is 0 Å². The van der Waals surface area contributed by atoms with Crippen LogP contribution in [-0.2, 0) is 4.79 Å². The van der Waals surface area contributed by atoms with Crippen molar-refractivity contribution >= 4 is 5.78 Å². The number of hydrogen-bond acceptors (Lipinski definition) is 2. The first-order chi connectivity index (χ1) is 10.3. The van der Waals surface area contributed by atoms with Crippen LogP contribution in [0.1, 0.15) is 53.9 Å². The lowest BCUT2D eigenvalue weighted by Crippen LogP contribution is -2.19. The molecule has 1 unspecified atom stereocenters. The largest absolute Gasteiger partial charge is 0.392 e. The summed E-state index contributed by atoms with van der Waals surface area (Å²) in [6.07, 6.45) is 12.8. The number of ketones is 1. The Morgan fingerprint density at radius 1 is 1.36 bits per heavy atom. The standard InChI is InChI=1S/C20H30O2/c1-15(12-14-21)8-11-19(22)17(3)9-10-18-16(2)7-6-13-20(18,4)5/h8-12,17,21H,6-7,13-14H2,1-5H3. The van der Waals surface area contributed by atoms with Crippen molar-refractivity contribution in [1.82, 2.24) is 0 Å². The van der Waals surface area contributed by atoms with Crippen molar-refractivity contribution in [3.8, 4) is 0 Å². The van der Waals surface area contributed by atoms with Gasteiger partial charge in [0.05, 0.1) is 6.61 Å². The Morgan fingerprint density at radius 3 is 2.64 bits per heavy atom. The third kappa shape index (κ3) is 5.42. The molecule has 0 aromatic rings.